The van der Waals surface area contributed by atoms with E-state index in [2.05, 4.69) is 13.8 Å². The molecule has 0 heterocycles. The molecule has 1 aliphatic rings. The lowest BCUT2D eigenvalue weighted by Crippen LogP contribution is -2.39. The summed E-state index contributed by atoms with van der Waals surface area (Å²) in [5, 5.41) is 29.2. The average Bonchev–Trinajstić information content (AvgIpc) is 2.75. The van der Waals surface area contributed by atoms with Gasteiger partial charge in [0.15, 0.2) is 0 Å². The predicted molar refractivity (Wildman–Crippen MR) is 120 cm³/mol. The fraction of sp³-hybridized carbons (Fsp3) is 0.333. The van der Waals surface area contributed by atoms with Gasteiger partial charge in [-0.2, -0.15) is 0 Å². The van der Waals surface area contributed by atoms with Crippen LogP contribution in [0.25, 0.3) is 0 Å². The molecule has 3 nitrogen and oxygen atoms in total. The summed E-state index contributed by atoms with van der Waals surface area (Å²) in [6, 6.07) is 22.8. The number of aromatic hydroxyl groups is 3. The van der Waals surface area contributed by atoms with E-state index in [9.17, 15) is 15.3 Å². The summed E-state index contributed by atoms with van der Waals surface area (Å²) >= 11 is 0. The van der Waals surface area contributed by atoms with Crippen LogP contribution >= 0.6 is 0 Å². The van der Waals surface area contributed by atoms with Crippen molar-refractivity contribution >= 4 is 0 Å². The number of rotatable bonds is 4. The molecule has 30 heavy (non-hydrogen) atoms. The van der Waals surface area contributed by atoms with Crippen LogP contribution in [0.1, 0.15) is 56.2 Å². The van der Waals surface area contributed by atoms with Gasteiger partial charge in [0.2, 0.25) is 0 Å². The smallest absolute Gasteiger partial charge is 0.115 e. The van der Waals surface area contributed by atoms with Crippen molar-refractivity contribution in [2.75, 3.05) is 0 Å². The molecule has 3 N–H and O–H groups in total. The summed E-state index contributed by atoms with van der Waals surface area (Å²) in [4.78, 5) is 0. The minimum atomic E-state index is -0.122. The normalized spacial score (nSPS) is 17.0. The van der Waals surface area contributed by atoms with Gasteiger partial charge in [-0.1, -0.05) is 50.2 Å². The Hall–Kier alpha value is -2.94. The van der Waals surface area contributed by atoms with Gasteiger partial charge in [0, 0.05) is 5.41 Å². The molecule has 0 unspecified atom stereocenters. The highest BCUT2D eigenvalue weighted by molar-refractivity contribution is 5.44. The first kappa shape index (κ1) is 20.3. The summed E-state index contributed by atoms with van der Waals surface area (Å²) in [5.41, 5.74) is 3.58. The molecule has 0 spiro atoms. The quantitative estimate of drug-likeness (QED) is 0.483. The summed E-state index contributed by atoms with van der Waals surface area (Å²) in [6.45, 7) is 4.61. The third kappa shape index (κ3) is 3.65. The highest BCUT2D eigenvalue weighted by Gasteiger charge is 2.42. The van der Waals surface area contributed by atoms with E-state index in [1.165, 1.54) is 16.7 Å². The van der Waals surface area contributed by atoms with Crippen molar-refractivity contribution < 1.29 is 15.3 Å². The molecule has 0 saturated heterocycles. The Labute approximate surface area is 178 Å². The fourth-order valence-electron chi connectivity index (χ4n) is 5.26. The van der Waals surface area contributed by atoms with Gasteiger partial charge < -0.3 is 15.3 Å². The van der Waals surface area contributed by atoms with Crippen molar-refractivity contribution in [2.24, 2.45) is 5.92 Å². The molecule has 156 valence electrons. The lowest BCUT2D eigenvalue weighted by molar-refractivity contribution is 0.188. The van der Waals surface area contributed by atoms with Gasteiger partial charge in [0.05, 0.1) is 0 Å². The molecule has 3 heteroatoms. The van der Waals surface area contributed by atoms with Gasteiger partial charge in [0.25, 0.3) is 0 Å². The molecule has 0 aliphatic heterocycles. The Bertz CT molecular complexity index is 930. The first-order chi connectivity index (χ1) is 14.3. The lowest BCUT2D eigenvalue weighted by Gasteiger charge is -2.46. The maximum absolute atomic E-state index is 9.79. The SMILES string of the molecule is CC(C)(c1ccc(O)cc1)C1CCC(c2ccc(O)cc2)(c2ccc(O)cc2)CC1. The van der Waals surface area contributed by atoms with E-state index < -0.39 is 0 Å². The van der Waals surface area contributed by atoms with E-state index in [4.69, 9.17) is 0 Å². The van der Waals surface area contributed by atoms with Crippen molar-refractivity contribution in [2.45, 2.75) is 50.4 Å². The summed E-state index contributed by atoms with van der Waals surface area (Å²) in [5.74, 6) is 1.39. The van der Waals surface area contributed by atoms with Crippen LogP contribution in [0, 0.1) is 5.92 Å². The molecule has 3 aromatic carbocycles. The topological polar surface area (TPSA) is 60.7 Å². The summed E-state index contributed by atoms with van der Waals surface area (Å²) in [7, 11) is 0. The number of hydrogen-bond donors (Lipinski definition) is 3. The van der Waals surface area contributed by atoms with Crippen LogP contribution < -0.4 is 0 Å². The second kappa shape index (κ2) is 7.71. The maximum atomic E-state index is 9.79. The van der Waals surface area contributed by atoms with Gasteiger partial charge in [0.1, 0.15) is 17.2 Å². The zero-order valence-corrected chi connectivity index (χ0v) is 17.7. The standard InChI is InChI=1S/C27H30O3/c1-26(2,19-3-9-23(28)10-4-19)20-15-17-27(18-16-20,21-5-11-24(29)12-6-21)22-7-13-25(30)14-8-22/h3-14,20,28-30H,15-18H2,1-2H3. The molecular weight excluding hydrogens is 372 g/mol. The van der Waals surface area contributed by atoms with Crippen molar-refractivity contribution in [3.8, 4) is 17.2 Å². The Morgan fingerprint density at radius 1 is 0.633 bits per heavy atom. The minimum Gasteiger partial charge on any atom is -0.508 e. The largest absolute Gasteiger partial charge is 0.508 e. The van der Waals surface area contributed by atoms with Crippen molar-refractivity contribution in [3.63, 3.8) is 0 Å². The zero-order chi connectivity index (χ0) is 21.4. The molecule has 3 aromatic rings. The molecular formula is C27H30O3. The highest BCUT2D eigenvalue weighted by atomic mass is 16.3. The van der Waals surface area contributed by atoms with Gasteiger partial charge in [-0.25, -0.2) is 0 Å². The van der Waals surface area contributed by atoms with Crippen LogP contribution in [0.5, 0.6) is 17.2 Å². The molecule has 0 aromatic heterocycles. The number of benzene rings is 3. The first-order valence-corrected chi connectivity index (χ1v) is 10.7. The molecule has 1 saturated carbocycles. The summed E-state index contributed by atoms with van der Waals surface area (Å²) in [6.07, 6.45) is 4.18. The fourth-order valence-corrected chi connectivity index (χ4v) is 5.26. The van der Waals surface area contributed by atoms with Crippen LogP contribution in [0.3, 0.4) is 0 Å². The minimum absolute atomic E-state index is 0.0176. The Morgan fingerprint density at radius 3 is 1.40 bits per heavy atom. The van der Waals surface area contributed by atoms with E-state index in [-0.39, 0.29) is 22.3 Å². The zero-order valence-electron chi connectivity index (χ0n) is 17.7. The molecule has 0 atom stereocenters. The molecule has 0 bridgehead atoms. The van der Waals surface area contributed by atoms with Crippen LogP contribution in [-0.4, -0.2) is 15.3 Å². The van der Waals surface area contributed by atoms with Crippen molar-refractivity contribution in [3.05, 3.63) is 89.5 Å². The van der Waals surface area contributed by atoms with E-state index in [1.54, 1.807) is 36.4 Å². The summed E-state index contributed by atoms with van der Waals surface area (Å²) < 4.78 is 0. The third-order valence-electron chi connectivity index (χ3n) is 7.31. The Kier molecular flexibility index (Phi) is 5.23. The van der Waals surface area contributed by atoms with Gasteiger partial charge in [-0.05, 0) is 90.1 Å². The number of phenolic OH excluding ortho intramolecular Hbond substituents is 3. The van der Waals surface area contributed by atoms with Crippen LogP contribution in [0.2, 0.25) is 0 Å². The monoisotopic (exact) mass is 402 g/mol. The van der Waals surface area contributed by atoms with Gasteiger partial charge in [-0.15, -0.1) is 0 Å². The van der Waals surface area contributed by atoms with Crippen molar-refractivity contribution in [1.82, 2.24) is 0 Å². The van der Waals surface area contributed by atoms with E-state index in [0.717, 1.165) is 25.7 Å². The molecule has 1 fully saturated rings. The van der Waals surface area contributed by atoms with Crippen molar-refractivity contribution in [1.29, 1.82) is 0 Å². The number of hydrogen-bond acceptors (Lipinski definition) is 3. The Morgan fingerprint density at radius 2 is 1.00 bits per heavy atom. The van der Waals surface area contributed by atoms with E-state index in [0.29, 0.717) is 11.7 Å². The van der Waals surface area contributed by atoms with Crippen LogP contribution in [0.4, 0.5) is 0 Å². The van der Waals surface area contributed by atoms with Crippen LogP contribution in [0.15, 0.2) is 72.8 Å². The molecule has 0 amide bonds. The second-order valence-corrected chi connectivity index (χ2v) is 9.22. The maximum Gasteiger partial charge on any atom is 0.115 e. The first-order valence-electron chi connectivity index (χ1n) is 10.7. The average molecular weight is 403 g/mol. The molecule has 0 radical (unpaired) electrons. The third-order valence-corrected chi connectivity index (χ3v) is 7.31. The van der Waals surface area contributed by atoms with Crippen LogP contribution in [-0.2, 0) is 10.8 Å². The second-order valence-electron chi connectivity index (χ2n) is 9.22. The molecule has 4 rings (SSSR count). The molecule has 1 aliphatic carbocycles. The number of phenols is 3. The van der Waals surface area contributed by atoms with E-state index in [1.807, 2.05) is 36.4 Å². The Balaban J connectivity index is 1.65. The van der Waals surface area contributed by atoms with E-state index >= 15 is 0 Å². The highest BCUT2D eigenvalue weighted by Crippen LogP contribution is 2.51. The predicted octanol–water partition coefficient (Wildman–Crippen LogP) is 6.26. The van der Waals surface area contributed by atoms with Gasteiger partial charge >= 0.3 is 0 Å². The lowest BCUT2D eigenvalue weighted by atomic mass is 9.58. The van der Waals surface area contributed by atoms with Gasteiger partial charge in [-0.3, -0.25) is 0 Å².